The van der Waals surface area contributed by atoms with Gasteiger partial charge < -0.3 is 25.0 Å². The number of halogens is 2. The molecule has 4 N–H and O–H groups in total. The molecule has 8 nitrogen and oxygen atoms in total. The fraction of sp³-hybridized carbons (Fsp3) is 0.226. The highest BCUT2D eigenvalue weighted by molar-refractivity contribution is 6.27. The van der Waals surface area contributed by atoms with E-state index in [1.807, 2.05) is 30.5 Å². The van der Waals surface area contributed by atoms with E-state index in [0.717, 1.165) is 59.3 Å². The number of aromatic nitrogens is 1. The Bertz CT molecular complexity index is 1450. The number of carboxylic acids is 2. The van der Waals surface area contributed by atoms with Gasteiger partial charge in [-0.2, -0.15) is 0 Å². The van der Waals surface area contributed by atoms with Crippen molar-refractivity contribution >= 4 is 28.4 Å². The minimum atomic E-state index is -1.82. The zero-order valence-corrected chi connectivity index (χ0v) is 22.1. The van der Waals surface area contributed by atoms with Gasteiger partial charge in [-0.25, -0.2) is 18.4 Å². The molecule has 41 heavy (non-hydrogen) atoms. The summed E-state index contributed by atoms with van der Waals surface area (Å²) in [5, 5.41) is 26.4. The Balaban J connectivity index is 0.000000585. The molecule has 0 saturated carbocycles. The molecule has 10 heteroatoms. The first-order valence-electron chi connectivity index (χ1n) is 13.0. The zero-order valence-electron chi connectivity index (χ0n) is 22.1. The number of nitrogens with zero attached hydrogens (tertiary/aromatic N) is 1. The van der Waals surface area contributed by atoms with E-state index in [1.165, 1.54) is 29.8 Å². The van der Waals surface area contributed by atoms with Crippen LogP contribution in [0.4, 0.5) is 8.78 Å². The summed E-state index contributed by atoms with van der Waals surface area (Å²) in [6.07, 6.45) is 2.91. The van der Waals surface area contributed by atoms with Gasteiger partial charge in [0.15, 0.2) is 0 Å². The van der Waals surface area contributed by atoms with Crippen molar-refractivity contribution in [3.05, 3.63) is 107 Å². The lowest BCUT2D eigenvalue weighted by molar-refractivity contribution is -0.159. The number of piperidine rings is 1. The summed E-state index contributed by atoms with van der Waals surface area (Å²) in [6, 6.07) is 20.7. The summed E-state index contributed by atoms with van der Waals surface area (Å²) in [5.74, 6) is -3.45. The largest absolute Gasteiger partial charge is 0.490 e. The number of hydrogen-bond acceptors (Lipinski definition) is 5. The SMILES string of the molecule is O=C(O)C(=O)O.O[C@H](COc1cccc2[nH]ccc12)CN1CCC(=C(c2ccc(F)cc2)c2ccc(F)cc2)CC1. The molecule has 1 aliphatic rings. The maximum atomic E-state index is 13.5. The van der Waals surface area contributed by atoms with Crippen LogP contribution >= 0.6 is 0 Å². The fourth-order valence-electron chi connectivity index (χ4n) is 4.78. The van der Waals surface area contributed by atoms with Crippen LogP contribution < -0.4 is 4.74 Å². The Labute approximate surface area is 235 Å². The number of aromatic amines is 1. The number of fused-ring (bicyclic) bond motifs is 1. The van der Waals surface area contributed by atoms with Crippen molar-refractivity contribution in [2.45, 2.75) is 18.9 Å². The van der Waals surface area contributed by atoms with Crippen LogP contribution in [0, 0.1) is 11.6 Å². The van der Waals surface area contributed by atoms with E-state index in [4.69, 9.17) is 24.5 Å². The summed E-state index contributed by atoms with van der Waals surface area (Å²) in [4.78, 5) is 23.6. The quantitative estimate of drug-likeness (QED) is 0.235. The first-order chi connectivity index (χ1) is 19.7. The average molecular weight is 565 g/mol. The number of aliphatic hydroxyl groups is 1. The van der Waals surface area contributed by atoms with Gasteiger partial charge in [0.1, 0.15) is 30.1 Å². The number of rotatable bonds is 7. The molecule has 5 rings (SSSR count). The second-order valence-electron chi connectivity index (χ2n) is 9.56. The van der Waals surface area contributed by atoms with Crippen LogP contribution in [0.2, 0.25) is 0 Å². The summed E-state index contributed by atoms with van der Waals surface area (Å²) in [6.45, 7) is 2.34. The lowest BCUT2D eigenvalue weighted by Gasteiger charge is -2.31. The van der Waals surface area contributed by atoms with Crippen molar-refractivity contribution in [3.8, 4) is 5.75 Å². The van der Waals surface area contributed by atoms with Crippen LogP contribution in [0.25, 0.3) is 16.5 Å². The number of H-pyrrole nitrogens is 1. The predicted octanol–water partition coefficient (Wildman–Crippen LogP) is 4.94. The van der Waals surface area contributed by atoms with Gasteiger partial charge in [-0.05, 0) is 72.0 Å². The van der Waals surface area contributed by atoms with Crippen molar-refractivity contribution in [1.82, 2.24) is 9.88 Å². The number of carbonyl (C=O) groups is 2. The van der Waals surface area contributed by atoms with Gasteiger partial charge in [0.25, 0.3) is 0 Å². The van der Waals surface area contributed by atoms with Crippen LogP contribution in [-0.4, -0.2) is 69.5 Å². The number of nitrogens with one attached hydrogen (secondary N) is 1. The molecule has 214 valence electrons. The van der Waals surface area contributed by atoms with Crippen LogP contribution in [0.15, 0.2) is 84.6 Å². The minimum Gasteiger partial charge on any atom is -0.490 e. The van der Waals surface area contributed by atoms with Gasteiger partial charge in [0.05, 0.1) is 0 Å². The van der Waals surface area contributed by atoms with Gasteiger partial charge in [0.2, 0.25) is 0 Å². The van der Waals surface area contributed by atoms with E-state index < -0.39 is 18.0 Å². The van der Waals surface area contributed by atoms with Crippen LogP contribution in [0.1, 0.15) is 24.0 Å². The smallest absolute Gasteiger partial charge is 0.414 e. The molecule has 1 saturated heterocycles. The lowest BCUT2D eigenvalue weighted by Crippen LogP contribution is -2.39. The average Bonchev–Trinajstić information content (AvgIpc) is 3.45. The molecule has 0 spiro atoms. The second kappa shape index (κ2) is 13.7. The molecule has 2 heterocycles. The van der Waals surface area contributed by atoms with Crippen molar-refractivity contribution in [1.29, 1.82) is 0 Å². The molecule has 1 fully saturated rings. The fourth-order valence-corrected chi connectivity index (χ4v) is 4.78. The van der Waals surface area contributed by atoms with E-state index in [1.54, 1.807) is 24.3 Å². The Morgan fingerprint density at radius 3 is 1.95 bits per heavy atom. The first-order valence-corrected chi connectivity index (χ1v) is 13.0. The Morgan fingerprint density at radius 1 is 0.854 bits per heavy atom. The normalized spacial score (nSPS) is 14.2. The van der Waals surface area contributed by atoms with Crippen LogP contribution in [-0.2, 0) is 9.59 Å². The molecule has 0 unspecified atom stereocenters. The summed E-state index contributed by atoms with van der Waals surface area (Å²) < 4.78 is 33.0. The Kier molecular flexibility index (Phi) is 9.83. The molecular formula is C31H30F2N2O6. The van der Waals surface area contributed by atoms with Crippen LogP contribution in [0.5, 0.6) is 5.75 Å². The monoisotopic (exact) mass is 564 g/mol. The predicted molar refractivity (Wildman–Crippen MR) is 150 cm³/mol. The second-order valence-corrected chi connectivity index (χ2v) is 9.56. The highest BCUT2D eigenvalue weighted by Crippen LogP contribution is 2.33. The van der Waals surface area contributed by atoms with Gasteiger partial charge in [-0.1, -0.05) is 35.9 Å². The molecule has 0 radical (unpaired) electrons. The van der Waals surface area contributed by atoms with Gasteiger partial charge >= 0.3 is 11.9 Å². The van der Waals surface area contributed by atoms with Gasteiger partial charge in [-0.15, -0.1) is 0 Å². The topological polar surface area (TPSA) is 123 Å². The Morgan fingerprint density at radius 2 is 1.41 bits per heavy atom. The third-order valence-corrected chi connectivity index (χ3v) is 6.72. The van der Waals surface area contributed by atoms with E-state index >= 15 is 0 Å². The van der Waals surface area contributed by atoms with Crippen molar-refractivity contribution in [2.24, 2.45) is 0 Å². The summed E-state index contributed by atoms with van der Waals surface area (Å²) >= 11 is 0. The summed E-state index contributed by atoms with van der Waals surface area (Å²) in [5.41, 5.74) is 5.14. The standard InChI is InChI=1S/C29H28F2N2O2.C2H2O4/c30-23-8-4-20(5-9-23)29(21-6-10-24(31)11-7-21)22-13-16-33(17-14-22)18-25(34)19-35-28-3-1-2-27-26(28)12-15-32-27;3-1(4)2(5)6/h1-12,15,25,32,34H,13-14,16-19H2;(H,3,4)(H,5,6)/t25-;/m0./s1. The maximum absolute atomic E-state index is 13.5. The van der Waals surface area contributed by atoms with Crippen LogP contribution in [0.3, 0.4) is 0 Å². The van der Waals surface area contributed by atoms with Crippen molar-refractivity contribution in [2.75, 3.05) is 26.2 Å². The third kappa shape index (κ3) is 8.00. The highest BCUT2D eigenvalue weighted by Gasteiger charge is 2.21. The van der Waals surface area contributed by atoms with Crippen molar-refractivity contribution in [3.63, 3.8) is 0 Å². The number of ether oxygens (including phenoxy) is 1. The Hall–Kier alpha value is -4.54. The molecular weight excluding hydrogens is 534 g/mol. The molecule has 3 aromatic carbocycles. The number of carboxylic acid groups (broad SMARTS) is 2. The zero-order chi connectivity index (χ0) is 29.4. The molecule has 0 amide bonds. The van der Waals surface area contributed by atoms with Crippen molar-refractivity contribution < 1.29 is 38.4 Å². The molecule has 0 aliphatic carbocycles. The molecule has 1 aliphatic heterocycles. The molecule has 0 bridgehead atoms. The van der Waals surface area contributed by atoms with E-state index in [9.17, 15) is 13.9 Å². The number of aliphatic carboxylic acids is 2. The number of β-amino-alcohol motifs (C(OH)–C–C–N with tert-alkyl or cyclic N) is 1. The highest BCUT2D eigenvalue weighted by atomic mass is 19.1. The van der Waals surface area contributed by atoms with E-state index in [0.29, 0.717) is 6.54 Å². The lowest BCUT2D eigenvalue weighted by atomic mass is 9.88. The molecule has 1 aromatic heterocycles. The third-order valence-electron chi connectivity index (χ3n) is 6.72. The van der Waals surface area contributed by atoms with E-state index in [2.05, 4.69) is 9.88 Å². The van der Waals surface area contributed by atoms with Gasteiger partial charge in [-0.3, -0.25) is 4.90 Å². The first kappa shape index (κ1) is 29.4. The number of benzene rings is 3. The number of aliphatic hydroxyl groups excluding tert-OH is 1. The van der Waals surface area contributed by atoms with E-state index in [-0.39, 0.29) is 18.2 Å². The minimum absolute atomic E-state index is 0.222. The molecule has 1 atom stereocenters. The number of likely N-dealkylation sites (tertiary alicyclic amines) is 1. The van der Waals surface area contributed by atoms with Gasteiger partial charge in [0, 0.05) is 36.7 Å². The summed E-state index contributed by atoms with van der Waals surface area (Å²) in [7, 11) is 0. The number of hydrogen-bond donors (Lipinski definition) is 4. The maximum Gasteiger partial charge on any atom is 0.414 e. The molecule has 4 aromatic rings.